The molecule has 2 aromatic rings. The molecule has 132 valence electrons. The Hall–Kier alpha value is -1.73. The summed E-state index contributed by atoms with van der Waals surface area (Å²) in [5.41, 5.74) is 5.68. The van der Waals surface area contributed by atoms with Crippen LogP contribution < -0.4 is 5.73 Å². The lowest BCUT2D eigenvalue weighted by molar-refractivity contribution is 0.110. The van der Waals surface area contributed by atoms with Crippen molar-refractivity contribution < 1.29 is 24.0 Å². The van der Waals surface area contributed by atoms with E-state index in [0.717, 1.165) is 0 Å². The van der Waals surface area contributed by atoms with Gasteiger partial charge < -0.3 is 25.2 Å². The Kier molecular flexibility index (Phi) is 3.60. The summed E-state index contributed by atoms with van der Waals surface area (Å²) in [7, 11) is -4.63. The van der Waals surface area contributed by atoms with E-state index in [9.17, 15) is 9.67 Å². The number of anilines is 1. The molecule has 0 amide bonds. The first-order chi connectivity index (χ1) is 11.7. The van der Waals surface area contributed by atoms with Gasteiger partial charge in [-0.25, -0.2) is 9.55 Å². The molecule has 0 aromatic carbocycles. The molecule has 25 heavy (non-hydrogen) atoms. The van der Waals surface area contributed by atoms with Crippen LogP contribution in [0.4, 0.5) is 5.82 Å². The van der Waals surface area contributed by atoms with E-state index >= 15 is 0 Å². The summed E-state index contributed by atoms with van der Waals surface area (Å²) in [6, 6.07) is -0.517. The lowest BCUT2D eigenvalue weighted by Crippen LogP contribution is -2.37. The minimum Gasteiger partial charge on any atom is -0.391 e. The third-order valence-corrected chi connectivity index (χ3v) is 5.25. The maximum Gasteiger partial charge on any atom is 0.469 e. The predicted molar refractivity (Wildman–Crippen MR) is 86.1 cm³/mol. The molecule has 5 N–H and O–H groups in total. The number of nitrogen functional groups attached to an aromatic ring is 1. The third kappa shape index (κ3) is 2.60. The number of nitrogens with two attached hydrogens (primary N) is 1. The highest BCUT2D eigenvalue weighted by atomic mass is 35.5. The lowest BCUT2D eigenvalue weighted by Gasteiger charge is -2.35. The van der Waals surface area contributed by atoms with Crippen LogP contribution >= 0.6 is 19.4 Å². The summed E-state index contributed by atoms with van der Waals surface area (Å²) in [6.45, 7) is -0.271. The number of aliphatic hydroxyl groups excluding tert-OH is 1. The van der Waals surface area contributed by atoms with Gasteiger partial charge in [-0.05, 0) is 18.0 Å². The smallest absolute Gasteiger partial charge is 0.391 e. The highest BCUT2D eigenvalue weighted by molar-refractivity contribution is 7.46. The van der Waals surface area contributed by atoms with E-state index in [1.165, 1.54) is 6.33 Å². The largest absolute Gasteiger partial charge is 0.469 e. The number of rotatable bonds is 4. The van der Waals surface area contributed by atoms with Crippen molar-refractivity contribution >= 4 is 36.4 Å². The van der Waals surface area contributed by atoms with Gasteiger partial charge in [-0.2, -0.15) is 9.97 Å². The zero-order valence-corrected chi connectivity index (χ0v) is 14.2. The van der Waals surface area contributed by atoms with Crippen LogP contribution in [0.2, 0.25) is 5.28 Å². The average Bonchev–Trinajstić information content (AvgIpc) is 2.96. The van der Waals surface area contributed by atoms with Crippen LogP contribution in [0.5, 0.6) is 0 Å². The fourth-order valence-electron chi connectivity index (χ4n) is 3.52. The second kappa shape index (κ2) is 5.38. The van der Waals surface area contributed by atoms with Crippen LogP contribution in [0.3, 0.4) is 0 Å². The molecule has 0 saturated heterocycles. The standard InChI is InChI=1S/C13H13ClN5O5P/c14-12-17-10(15)8-11(18-12)19(5-16-8)9-6-1-2-13(6,3-7(9)20)4-24-25(21,22)23/h5-7,9,20H,3-4H2,(H2,15,17,18)(H2,21,22,23)/t6-,7-,9-,13+/m1/s1. The maximum absolute atomic E-state index is 11.0. The monoisotopic (exact) mass is 385 g/mol. The Balaban J connectivity index is 1.71. The fourth-order valence-corrected chi connectivity index (χ4v) is 4.09. The van der Waals surface area contributed by atoms with E-state index < -0.39 is 25.4 Å². The molecule has 0 spiro atoms. The highest BCUT2D eigenvalue weighted by Crippen LogP contribution is 2.55. The van der Waals surface area contributed by atoms with Gasteiger partial charge in [-0.1, -0.05) is 11.8 Å². The number of hydrogen-bond donors (Lipinski definition) is 4. The van der Waals surface area contributed by atoms with Crippen molar-refractivity contribution in [1.82, 2.24) is 19.5 Å². The second-order valence-electron chi connectivity index (χ2n) is 6.13. The van der Waals surface area contributed by atoms with Crippen molar-refractivity contribution in [3.8, 4) is 11.8 Å². The Morgan fingerprint density at radius 3 is 2.92 bits per heavy atom. The Bertz CT molecular complexity index is 980. The summed E-state index contributed by atoms with van der Waals surface area (Å²) < 4.78 is 17.3. The van der Waals surface area contributed by atoms with Gasteiger partial charge in [-0.3, -0.25) is 4.52 Å². The average molecular weight is 386 g/mol. The SMILES string of the molecule is Nc1nc(Cl)nc2c1ncn2[C@H]1[C@H](O)C[C@]2(COP(=O)(O)O)C#C[C@H]12. The molecule has 0 bridgehead atoms. The van der Waals surface area contributed by atoms with Crippen molar-refractivity contribution in [2.75, 3.05) is 12.3 Å². The highest BCUT2D eigenvalue weighted by Gasteiger charge is 2.57. The van der Waals surface area contributed by atoms with E-state index in [-0.39, 0.29) is 30.0 Å². The van der Waals surface area contributed by atoms with Crippen molar-refractivity contribution in [3.05, 3.63) is 11.6 Å². The first-order valence-electron chi connectivity index (χ1n) is 7.27. The third-order valence-electron chi connectivity index (χ3n) is 4.61. The number of nitrogens with zero attached hydrogens (tertiary/aromatic N) is 4. The van der Waals surface area contributed by atoms with E-state index in [1.54, 1.807) is 4.57 Å². The van der Waals surface area contributed by atoms with Crippen LogP contribution in [-0.4, -0.2) is 47.1 Å². The van der Waals surface area contributed by atoms with Crippen molar-refractivity contribution in [1.29, 1.82) is 0 Å². The molecule has 4 atom stereocenters. The normalized spacial score (nSPS) is 30.6. The number of hydrogen-bond acceptors (Lipinski definition) is 7. The van der Waals surface area contributed by atoms with Crippen LogP contribution in [0.15, 0.2) is 6.33 Å². The van der Waals surface area contributed by atoms with Gasteiger partial charge in [0.15, 0.2) is 11.5 Å². The summed E-state index contributed by atoms with van der Waals surface area (Å²) in [5, 5.41) is 10.5. The minimum atomic E-state index is -4.63. The van der Waals surface area contributed by atoms with Crippen LogP contribution in [0.1, 0.15) is 12.5 Å². The molecule has 4 rings (SSSR count). The number of fused-ring (bicyclic) bond motifs is 2. The van der Waals surface area contributed by atoms with E-state index in [1.807, 2.05) is 0 Å². The molecule has 0 radical (unpaired) electrons. The van der Waals surface area contributed by atoms with Gasteiger partial charge in [0, 0.05) is 0 Å². The molecule has 2 aliphatic rings. The topological polar surface area (TPSA) is 157 Å². The lowest BCUT2D eigenvalue weighted by atomic mass is 9.71. The molecule has 1 fully saturated rings. The van der Waals surface area contributed by atoms with E-state index in [4.69, 9.17) is 27.1 Å². The number of phosphoric acid groups is 1. The Labute approximate surface area is 146 Å². The Morgan fingerprint density at radius 2 is 2.28 bits per heavy atom. The van der Waals surface area contributed by atoms with E-state index in [2.05, 4.69) is 31.3 Å². The molecule has 1 saturated carbocycles. The van der Waals surface area contributed by atoms with Gasteiger partial charge in [0.2, 0.25) is 5.28 Å². The van der Waals surface area contributed by atoms with Crippen molar-refractivity contribution in [2.45, 2.75) is 18.6 Å². The quantitative estimate of drug-likeness (QED) is 0.325. The summed E-state index contributed by atoms with van der Waals surface area (Å²) in [5.74, 6) is 5.59. The number of aliphatic hydroxyl groups is 1. The molecule has 2 aromatic heterocycles. The zero-order valence-electron chi connectivity index (χ0n) is 12.6. The van der Waals surface area contributed by atoms with Crippen LogP contribution in [-0.2, 0) is 9.09 Å². The van der Waals surface area contributed by atoms with Crippen molar-refractivity contribution in [3.63, 3.8) is 0 Å². The molecule has 12 heteroatoms. The molecule has 0 aliphatic heterocycles. The van der Waals surface area contributed by atoms with Crippen molar-refractivity contribution in [2.24, 2.45) is 11.3 Å². The number of aromatic nitrogens is 4. The summed E-state index contributed by atoms with van der Waals surface area (Å²) in [6.07, 6.45) is 0.837. The van der Waals surface area contributed by atoms with Gasteiger partial charge in [0.1, 0.15) is 5.52 Å². The first-order valence-corrected chi connectivity index (χ1v) is 9.17. The van der Waals surface area contributed by atoms with Gasteiger partial charge in [-0.15, -0.1) is 0 Å². The number of halogens is 1. The maximum atomic E-state index is 11.0. The number of phosphoric ester groups is 1. The molecule has 2 heterocycles. The van der Waals surface area contributed by atoms with E-state index in [0.29, 0.717) is 11.2 Å². The summed E-state index contributed by atoms with van der Waals surface area (Å²) in [4.78, 5) is 30.0. The molecular formula is C13H13ClN5O5P. The van der Waals surface area contributed by atoms with Crippen LogP contribution in [0.25, 0.3) is 11.2 Å². The van der Waals surface area contributed by atoms with Crippen LogP contribution in [0, 0.1) is 23.2 Å². The zero-order chi connectivity index (χ0) is 18.0. The summed E-state index contributed by atoms with van der Waals surface area (Å²) >= 11 is 5.86. The first kappa shape index (κ1) is 16.7. The minimum absolute atomic E-state index is 0.0463. The molecule has 0 unspecified atom stereocenters. The molecule has 10 nitrogen and oxygen atoms in total. The molecule has 2 aliphatic carbocycles. The van der Waals surface area contributed by atoms with Gasteiger partial charge in [0.25, 0.3) is 0 Å². The van der Waals surface area contributed by atoms with Gasteiger partial charge >= 0.3 is 7.82 Å². The van der Waals surface area contributed by atoms with Gasteiger partial charge in [0.05, 0.1) is 36.4 Å². The molecular weight excluding hydrogens is 373 g/mol. The fraction of sp³-hybridized carbons (Fsp3) is 0.462. The number of imidazole rings is 1. The second-order valence-corrected chi connectivity index (χ2v) is 7.71. The Morgan fingerprint density at radius 1 is 1.52 bits per heavy atom. The predicted octanol–water partition coefficient (Wildman–Crippen LogP) is 0.0965.